The maximum Gasteiger partial charge on any atom is 0.339 e. The molecular weight excluding hydrogens is 346 g/mol. The van der Waals surface area contributed by atoms with E-state index >= 15 is 0 Å². The van der Waals surface area contributed by atoms with Crippen molar-refractivity contribution in [3.63, 3.8) is 0 Å². The number of methoxy groups -OCH3 is 1. The average Bonchev–Trinajstić information content (AvgIpc) is 2.67. The highest BCUT2D eigenvalue weighted by Crippen LogP contribution is 2.28. The Morgan fingerprint density at radius 1 is 1.07 bits per heavy atom. The molecule has 144 valence electrons. The molecule has 1 amide bonds. The van der Waals surface area contributed by atoms with Gasteiger partial charge in [-0.05, 0) is 44.5 Å². The quantitative estimate of drug-likeness (QED) is 0.721. The van der Waals surface area contributed by atoms with Crippen LogP contribution in [0.15, 0.2) is 42.5 Å². The molecule has 2 rings (SSSR count). The standard InChI is InChI=1S/C21H25NO5/c1-5-26-19-12-17(10-11-18(19)25-4)21(24)27-15(3)20(23)22-13-16-8-6-14(2)7-9-16/h6-12,15H,5,13H2,1-4H3,(H,22,23). The first-order valence-electron chi connectivity index (χ1n) is 8.79. The van der Waals surface area contributed by atoms with Crippen LogP contribution in [0, 0.1) is 6.92 Å². The second-order valence-corrected chi connectivity index (χ2v) is 6.05. The molecule has 0 bridgehead atoms. The van der Waals surface area contributed by atoms with E-state index in [2.05, 4.69) is 5.32 Å². The molecule has 2 aromatic carbocycles. The van der Waals surface area contributed by atoms with Gasteiger partial charge in [0, 0.05) is 6.54 Å². The predicted molar refractivity (Wildman–Crippen MR) is 102 cm³/mol. The van der Waals surface area contributed by atoms with Crippen LogP contribution in [0.25, 0.3) is 0 Å². The Bertz CT molecular complexity index is 786. The molecule has 1 N–H and O–H groups in total. The molecule has 1 atom stereocenters. The van der Waals surface area contributed by atoms with E-state index in [0.717, 1.165) is 11.1 Å². The summed E-state index contributed by atoms with van der Waals surface area (Å²) in [5.41, 5.74) is 2.42. The Kier molecular flexibility index (Phi) is 7.23. The lowest BCUT2D eigenvalue weighted by atomic mass is 10.1. The monoisotopic (exact) mass is 371 g/mol. The maximum absolute atomic E-state index is 12.3. The van der Waals surface area contributed by atoms with E-state index in [1.165, 1.54) is 14.0 Å². The third-order valence-corrected chi connectivity index (χ3v) is 3.94. The first-order chi connectivity index (χ1) is 12.9. The predicted octanol–water partition coefficient (Wildman–Crippen LogP) is 3.26. The first-order valence-corrected chi connectivity index (χ1v) is 8.79. The van der Waals surface area contributed by atoms with Gasteiger partial charge in [-0.25, -0.2) is 4.79 Å². The van der Waals surface area contributed by atoms with Gasteiger partial charge in [0.05, 0.1) is 19.3 Å². The molecule has 1 unspecified atom stereocenters. The fourth-order valence-corrected chi connectivity index (χ4v) is 2.39. The van der Waals surface area contributed by atoms with E-state index in [1.807, 2.05) is 38.1 Å². The normalized spacial score (nSPS) is 11.4. The van der Waals surface area contributed by atoms with Gasteiger partial charge in [-0.15, -0.1) is 0 Å². The van der Waals surface area contributed by atoms with Crippen LogP contribution in [-0.4, -0.2) is 31.7 Å². The van der Waals surface area contributed by atoms with Gasteiger partial charge in [0.1, 0.15) is 0 Å². The Labute approximate surface area is 159 Å². The Morgan fingerprint density at radius 2 is 1.78 bits per heavy atom. The number of nitrogens with one attached hydrogen (secondary N) is 1. The van der Waals surface area contributed by atoms with E-state index in [-0.39, 0.29) is 11.5 Å². The van der Waals surface area contributed by atoms with Crippen LogP contribution in [0.1, 0.15) is 35.3 Å². The van der Waals surface area contributed by atoms with E-state index in [4.69, 9.17) is 14.2 Å². The molecule has 6 nitrogen and oxygen atoms in total. The van der Waals surface area contributed by atoms with Crippen LogP contribution >= 0.6 is 0 Å². The van der Waals surface area contributed by atoms with Crippen LogP contribution < -0.4 is 14.8 Å². The van der Waals surface area contributed by atoms with Gasteiger partial charge in [0.2, 0.25) is 0 Å². The van der Waals surface area contributed by atoms with Crippen molar-refractivity contribution in [2.24, 2.45) is 0 Å². The smallest absolute Gasteiger partial charge is 0.339 e. The van der Waals surface area contributed by atoms with Gasteiger partial charge in [-0.3, -0.25) is 4.79 Å². The van der Waals surface area contributed by atoms with Crippen LogP contribution in [0.5, 0.6) is 11.5 Å². The van der Waals surface area contributed by atoms with Crippen molar-refractivity contribution < 1.29 is 23.8 Å². The molecular formula is C21H25NO5. The molecule has 0 fully saturated rings. The highest BCUT2D eigenvalue weighted by molar-refractivity contribution is 5.92. The van der Waals surface area contributed by atoms with E-state index in [0.29, 0.717) is 24.7 Å². The lowest BCUT2D eigenvalue weighted by Crippen LogP contribution is -2.35. The largest absolute Gasteiger partial charge is 0.493 e. The number of carbonyl (C=O) groups excluding carboxylic acids is 2. The van der Waals surface area contributed by atoms with Crippen LogP contribution in [0.3, 0.4) is 0 Å². The van der Waals surface area contributed by atoms with Crippen molar-refractivity contribution in [2.75, 3.05) is 13.7 Å². The van der Waals surface area contributed by atoms with Gasteiger partial charge in [0.25, 0.3) is 5.91 Å². The number of ether oxygens (including phenoxy) is 3. The highest BCUT2D eigenvalue weighted by Gasteiger charge is 2.20. The average molecular weight is 371 g/mol. The van der Waals surface area contributed by atoms with E-state index in [1.54, 1.807) is 18.2 Å². The molecule has 0 heterocycles. The van der Waals surface area contributed by atoms with Crippen molar-refractivity contribution in [1.29, 1.82) is 0 Å². The lowest BCUT2D eigenvalue weighted by molar-refractivity contribution is -0.129. The molecule has 0 aliphatic heterocycles. The van der Waals surface area contributed by atoms with Crippen molar-refractivity contribution in [3.8, 4) is 11.5 Å². The summed E-state index contributed by atoms with van der Waals surface area (Å²) in [6, 6.07) is 12.6. The van der Waals surface area contributed by atoms with Gasteiger partial charge in [-0.1, -0.05) is 29.8 Å². The molecule has 0 aromatic heterocycles. The van der Waals surface area contributed by atoms with Crippen LogP contribution in [0.2, 0.25) is 0 Å². The zero-order chi connectivity index (χ0) is 19.8. The Balaban J connectivity index is 1.94. The minimum atomic E-state index is -0.916. The molecule has 27 heavy (non-hydrogen) atoms. The molecule has 0 spiro atoms. The maximum atomic E-state index is 12.3. The zero-order valence-electron chi connectivity index (χ0n) is 16.1. The molecule has 0 saturated carbocycles. The number of rotatable bonds is 8. The summed E-state index contributed by atoms with van der Waals surface area (Å²) in [6.45, 7) is 6.19. The Morgan fingerprint density at radius 3 is 2.41 bits per heavy atom. The van der Waals surface area contributed by atoms with Gasteiger partial charge < -0.3 is 19.5 Å². The fourth-order valence-electron chi connectivity index (χ4n) is 2.39. The minimum Gasteiger partial charge on any atom is -0.493 e. The SMILES string of the molecule is CCOc1cc(C(=O)OC(C)C(=O)NCc2ccc(C)cc2)ccc1OC. The zero-order valence-corrected chi connectivity index (χ0v) is 16.1. The summed E-state index contributed by atoms with van der Waals surface area (Å²) in [6.07, 6.45) is -0.916. The van der Waals surface area contributed by atoms with Crippen molar-refractivity contribution in [3.05, 3.63) is 59.2 Å². The summed E-state index contributed by atoms with van der Waals surface area (Å²) in [7, 11) is 1.52. The second kappa shape index (κ2) is 9.62. The first kappa shape index (κ1) is 20.3. The van der Waals surface area contributed by atoms with Crippen molar-refractivity contribution >= 4 is 11.9 Å². The number of aryl methyl sites for hydroxylation is 1. The van der Waals surface area contributed by atoms with E-state index < -0.39 is 12.1 Å². The number of amides is 1. The van der Waals surface area contributed by atoms with Crippen molar-refractivity contribution in [2.45, 2.75) is 33.4 Å². The minimum absolute atomic E-state index is 0.289. The molecule has 2 aromatic rings. The van der Waals surface area contributed by atoms with Crippen LogP contribution in [-0.2, 0) is 16.1 Å². The molecule has 0 aliphatic carbocycles. The summed E-state index contributed by atoms with van der Waals surface area (Å²) in [5, 5.41) is 2.76. The molecule has 0 aliphatic rings. The molecule has 6 heteroatoms. The highest BCUT2D eigenvalue weighted by atomic mass is 16.5. The lowest BCUT2D eigenvalue weighted by Gasteiger charge is -2.15. The van der Waals surface area contributed by atoms with Crippen LogP contribution in [0.4, 0.5) is 0 Å². The third-order valence-electron chi connectivity index (χ3n) is 3.94. The number of carbonyl (C=O) groups is 2. The van der Waals surface area contributed by atoms with E-state index in [9.17, 15) is 9.59 Å². The second-order valence-electron chi connectivity index (χ2n) is 6.05. The van der Waals surface area contributed by atoms with Crippen molar-refractivity contribution in [1.82, 2.24) is 5.32 Å². The molecule has 0 saturated heterocycles. The summed E-state index contributed by atoms with van der Waals surface area (Å²) in [5.74, 6) is 0.0160. The van der Waals surface area contributed by atoms with Gasteiger partial charge in [-0.2, -0.15) is 0 Å². The number of esters is 1. The number of hydrogen-bond acceptors (Lipinski definition) is 5. The third kappa shape index (κ3) is 5.74. The summed E-state index contributed by atoms with van der Waals surface area (Å²) < 4.78 is 15.9. The topological polar surface area (TPSA) is 73.9 Å². The summed E-state index contributed by atoms with van der Waals surface area (Å²) >= 11 is 0. The Hall–Kier alpha value is -3.02. The van der Waals surface area contributed by atoms with Gasteiger partial charge >= 0.3 is 5.97 Å². The summed E-state index contributed by atoms with van der Waals surface area (Å²) in [4.78, 5) is 24.5. The number of benzene rings is 2. The van der Waals surface area contributed by atoms with Gasteiger partial charge in [0.15, 0.2) is 17.6 Å². The molecule has 0 radical (unpaired) electrons. The number of hydrogen-bond donors (Lipinski definition) is 1. The fraction of sp³-hybridized carbons (Fsp3) is 0.333.